The molecule has 0 aliphatic carbocycles. The van der Waals surface area contributed by atoms with Gasteiger partial charge in [-0.05, 0) is 48.5 Å². The molecule has 3 heteroatoms. The van der Waals surface area contributed by atoms with Crippen molar-refractivity contribution >= 4 is 17.1 Å². The van der Waals surface area contributed by atoms with Crippen LogP contribution in [0.2, 0.25) is 0 Å². The molecule has 0 radical (unpaired) electrons. The van der Waals surface area contributed by atoms with Gasteiger partial charge in [-0.1, -0.05) is 42.5 Å². The average molecular weight is 311 g/mol. The van der Waals surface area contributed by atoms with Gasteiger partial charge in [0.1, 0.15) is 0 Å². The van der Waals surface area contributed by atoms with Gasteiger partial charge < -0.3 is 4.90 Å². The maximum atomic E-state index is 4.33. The number of nitrogens with zero attached hydrogens (tertiary/aromatic N) is 3. The predicted molar refractivity (Wildman–Crippen MR) is 98.2 cm³/mol. The van der Waals surface area contributed by atoms with E-state index in [4.69, 9.17) is 0 Å². The second kappa shape index (κ2) is 6.42. The number of anilines is 3. The van der Waals surface area contributed by atoms with Crippen molar-refractivity contribution in [1.29, 1.82) is 0 Å². The van der Waals surface area contributed by atoms with Crippen LogP contribution < -0.4 is 4.90 Å². The lowest BCUT2D eigenvalue weighted by Crippen LogP contribution is -2.10. The number of rotatable bonds is 4. The van der Waals surface area contributed by atoms with E-state index in [1.807, 2.05) is 29.1 Å². The Labute approximate surface area is 141 Å². The number of hydrogen-bond donors (Lipinski definition) is 0. The van der Waals surface area contributed by atoms with Gasteiger partial charge in [0.05, 0.1) is 5.69 Å². The summed E-state index contributed by atoms with van der Waals surface area (Å²) in [5.41, 5.74) is 4.39. The molecular weight excluding hydrogens is 294 g/mol. The van der Waals surface area contributed by atoms with Gasteiger partial charge in [0.25, 0.3) is 0 Å². The molecule has 4 aromatic rings. The Morgan fingerprint density at radius 2 is 1.25 bits per heavy atom. The number of para-hydroxylation sites is 2. The topological polar surface area (TPSA) is 21.1 Å². The van der Waals surface area contributed by atoms with Crippen molar-refractivity contribution in [3.8, 4) is 5.69 Å². The Morgan fingerprint density at radius 1 is 0.625 bits per heavy atom. The van der Waals surface area contributed by atoms with Gasteiger partial charge in [0.15, 0.2) is 0 Å². The minimum Gasteiger partial charge on any atom is -0.310 e. The van der Waals surface area contributed by atoms with E-state index in [1.54, 1.807) is 6.20 Å². The van der Waals surface area contributed by atoms with Crippen LogP contribution in [0.15, 0.2) is 103 Å². The van der Waals surface area contributed by atoms with Crippen LogP contribution in [0.3, 0.4) is 0 Å². The Kier molecular flexibility index (Phi) is 3.82. The molecule has 3 nitrogen and oxygen atoms in total. The maximum Gasteiger partial charge on any atom is 0.0666 e. The van der Waals surface area contributed by atoms with E-state index in [9.17, 15) is 0 Å². The first kappa shape index (κ1) is 14.3. The molecule has 0 spiro atoms. The Balaban J connectivity index is 1.84. The summed E-state index contributed by atoms with van der Waals surface area (Å²) < 4.78 is 1.87. The van der Waals surface area contributed by atoms with Crippen LogP contribution in [-0.2, 0) is 0 Å². The van der Waals surface area contributed by atoms with Gasteiger partial charge in [0, 0.05) is 29.5 Å². The lowest BCUT2D eigenvalue weighted by molar-refractivity contribution is 0.880. The summed E-state index contributed by atoms with van der Waals surface area (Å²) >= 11 is 0. The van der Waals surface area contributed by atoms with E-state index in [0.717, 1.165) is 22.7 Å². The number of benzene rings is 3. The van der Waals surface area contributed by atoms with Crippen molar-refractivity contribution in [3.63, 3.8) is 0 Å². The Hall–Kier alpha value is -3.33. The van der Waals surface area contributed by atoms with Crippen LogP contribution in [-0.4, -0.2) is 9.78 Å². The van der Waals surface area contributed by atoms with Crippen molar-refractivity contribution in [2.75, 3.05) is 4.90 Å². The van der Waals surface area contributed by atoms with Crippen LogP contribution in [0.1, 0.15) is 0 Å². The molecule has 0 unspecified atom stereocenters. The first-order valence-electron chi connectivity index (χ1n) is 7.92. The van der Waals surface area contributed by atoms with Gasteiger partial charge in [0.2, 0.25) is 0 Å². The molecule has 3 aromatic carbocycles. The van der Waals surface area contributed by atoms with Crippen LogP contribution >= 0.6 is 0 Å². The van der Waals surface area contributed by atoms with Gasteiger partial charge in [-0.3, -0.25) is 0 Å². The van der Waals surface area contributed by atoms with Crippen LogP contribution in [0.5, 0.6) is 0 Å². The Bertz CT molecular complexity index is 861. The van der Waals surface area contributed by atoms with Crippen LogP contribution in [0.4, 0.5) is 17.1 Å². The normalized spacial score (nSPS) is 10.5. The molecule has 0 N–H and O–H groups in total. The van der Waals surface area contributed by atoms with Gasteiger partial charge in [-0.2, -0.15) is 5.10 Å². The fourth-order valence-electron chi connectivity index (χ4n) is 2.80. The summed E-state index contributed by atoms with van der Waals surface area (Å²) in [5.74, 6) is 0. The fourth-order valence-corrected chi connectivity index (χ4v) is 2.80. The molecule has 116 valence electrons. The molecule has 0 saturated heterocycles. The molecule has 1 heterocycles. The summed E-state index contributed by atoms with van der Waals surface area (Å²) in [4.78, 5) is 2.24. The van der Waals surface area contributed by atoms with E-state index in [2.05, 4.69) is 82.8 Å². The smallest absolute Gasteiger partial charge is 0.0666 e. The molecule has 0 atom stereocenters. The van der Waals surface area contributed by atoms with Crippen molar-refractivity contribution in [1.82, 2.24) is 9.78 Å². The molecular formula is C21H17N3. The van der Waals surface area contributed by atoms with Crippen LogP contribution in [0, 0.1) is 0 Å². The van der Waals surface area contributed by atoms with Gasteiger partial charge in [-0.25, -0.2) is 4.68 Å². The molecule has 24 heavy (non-hydrogen) atoms. The highest BCUT2D eigenvalue weighted by Gasteiger charge is 2.12. The van der Waals surface area contributed by atoms with Gasteiger partial charge in [-0.15, -0.1) is 0 Å². The lowest BCUT2D eigenvalue weighted by atomic mass is 10.2. The maximum absolute atomic E-state index is 4.33. The highest BCUT2D eigenvalue weighted by Crippen LogP contribution is 2.34. The molecule has 0 bridgehead atoms. The van der Waals surface area contributed by atoms with E-state index < -0.39 is 0 Å². The summed E-state index contributed by atoms with van der Waals surface area (Å²) in [6.07, 6.45) is 3.74. The highest BCUT2D eigenvalue weighted by molar-refractivity contribution is 5.77. The molecule has 4 rings (SSSR count). The minimum atomic E-state index is 1.04. The second-order valence-corrected chi connectivity index (χ2v) is 5.48. The molecule has 0 aliphatic rings. The molecule has 0 fully saturated rings. The predicted octanol–water partition coefficient (Wildman–Crippen LogP) is 5.34. The standard InChI is InChI=1S/C21H17N3/c1-3-9-18(10-4-1)24(19-11-5-2-6-12-19)21-14-7-13-20(17-21)23-16-8-15-22-23/h1-17H. The zero-order valence-electron chi connectivity index (χ0n) is 13.2. The van der Waals surface area contributed by atoms with Crippen molar-refractivity contribution in [3.05, 3.63) is 103 Å². The van der Waals surface area contributed by atoms with E-state index >= 15 is 0 Å². The SMILES string of the molecule is c1ccc(N(c2ccccc2)c2cccc(-n3cccn3)c2)cc1. The summed E-state index contributed by atoms with van der Waals surface area (Å²) in [6, 6.07) is 31.1. The van der Waals surface area contributed by atoms with Crippen LogP contribution in [0.25, 0.3) is 5.69 Å². The van der Waals surface area contributed by atoms with E-state index in [1.165, 1.54) is 0 Å². The van der Waals surface area contributed by atoms with Crippen molar-refractivity contribution in [2.24, 2.45) is 0 Å². The number of hydrogen-bond acceptors (Lipinski definition) is 2. The third-order valence-corrected chi connectivity index (χ3v) is 3.89. The zero-order chi connectivity index (χ0) is 16.2. The largest absolute Gasteiger partial charge is 0.310 e. The van der Waals surface area contributed by atoms with E-state index in [-0.39, 0.29) is 0 Å². The minimum absolute atomic E-state index is 1.04. The van der Waals surface area contributed by atoms with E-state index in [0.29, 0.717) is 0 Å². The molecule has 0 aliphatic heterocycles. The zero-order valence-corrected chi connectivity index (χ0v) is 13.2. The average Bonchev–Trinajstić information content (AvgIpc) is 3.19. The first-order chi connectivity index (χ1) is 11.9. The third kappa shape index (κ3) is 2.79. The van der Waals surface area contributed by atoms with Crippen molar-refractivity contribution < 1.29 is 0 Å². The highest BCUT2D eigenvalue weighted by atomic mass is 15.3. The first-order valence-corrected chi connectivity index (χ1v) is 7.92. The lowest BCUT2D eigenvalue weighted by Gasteiger charge is -2.25. The summed E-state index contributed by atoms with van der Waals surface area (Å²) in [6.45, 7) is 0. The molecule has 1 aromatic heterocycles. The fraction of sp³-hybridized carbons (Fsp3) is 0. The second-order valence-electron chi connectivity index (χ2n) is 5.48. The third-order valence-electron chi connectivity index (χ3n) is 3.89. The quantitative estimate of drug-likeness (QED) is 0.507. The summed E-state index contributed by atoms with van der Waals surface area (Å²) in [5, 5.41) is 4.33. The molecule has 0 saturated carbocycles. The van der Waals surface area contributed by atoms with Crippen molar-refractivity contribution in [2.45, 2.75) is 0 Å². The number of aromatic nitrogens is 2. The molecule has 0 amide bonds. The monoisotopic (exact) mass is 311 g/mol. The van der Waals surface area contributed by atoms with Gasteiger partial charge >= 0.3 is 0 Å². The summed E-state index contributed by atoms with van der Waals surface area (Å²) in [7, 11) is 0. The Morgan fingerprint density at radius 3 is 1.83 bits per heavy atom.